The summed E-state index contributed by atoms with van der Waals surface area (Å²) in [5, 5.41) is 2.74. The summed E-state index contributed by atoms with van der Waals surface area (Å²) in [6.45, 7) is 5.82. The quantitative estimate of drug-likeness (QED) is 0.612. The molecule has 2 saturated heterocycles. The molecule has 2 aromatic rings. The monoisotopic (exact) mass is 420 g/mol. The summed E-state index contributed by atoms with van der Waals surface area (Å²) in [6.07, 6.45) is 5.71. The van der Waals surface area contributed by atoms with Crippen molar-refractivity contribution in [3.8, 4) is 0 Å². The summed E-state index contributed by atoms with van der Waals surface area (Å²) in [7, 11) is 0. The number of quaternary nitrogens is 2. The number of amides is 2. The molecule has 0 spiro atoms. The van der Waals surface area contributed by atoms with Crippen molar-refractivity contribution < 1.29 is 19.4 Å². The minimum atomic E-state index is 0.146. The fourth-order valence-electron chi connectivity index (χ4n) is 5.72. The number of fused-ring (bicyclic) bond motifs is 3. The van der Waals surface area contributed by atoms with E-state index in [1.54, 1.807) is 9.80 Å². The van der Waals surface area contributed by atoms with Crippen LogP contribution in [0.2, 0.25) is 0 Å². The zero-order valence-electron chi connectivity index (χ0n) is 18.0. The normalized spacial score (nSPS) is 24.5. The topological polar surface area (TPSA) is 58.3 Å². The standard InChI is InChI=1S/C25H30N4O2/c30-18-26-21-10-9-20-8-7-19-4-1-2-6-23(19)29(24(20)16-21)25(31)11-13-27-14-15-28-12-3-5-22(28)17-27/h1-2,4,6,9-10,16,18,22H,3,5,7-8,11-15,17H2,(H,26,30)/p+2/t22-/m1/s1. The van der Waals surface area contributed by atoms with Gasteiger partial charge in [0.1, 0.15) is 25.7 Å². The zero-order chi connectivity index (χ0) is 21.2. The SMILES string of the molecule is O=CNc1ccc2c(c1)N(C(=O)CC[NH+]1CC[NH+]3CCC[C@@H]3C1)c1ccccc1CC2. The third kappa shape index (κ3) is 4.10. The molecule has 3 aliphatic heterocycles. The van der Waals surface area contributed by atoms with E-state index in [2.05, 4.69) is 17.4 Å². The van der Waals surface area contributed by atoms with Crippen molar-refractivity contribution in [2.45, 2.75) is 38.1 Å². The summed E-state index contributed by atoms with van der Waals surface area (Å²) >= 11 is 0. The Bertz CT molecular complexity index is 976. The van der Waals surface area contributed by atoms with E-state index >= 15 is 0 Å². The van der Waals surface area contributed by atoms with Crippen LogP contribution in [-0.4, -0.2) is 51.1 Å². The fourth-order valence-corrected chi connectivity index (χ4v) is 5.72. The molecule has 2 unspecified atom stereocenters. The van der Waals surface area contributed by atoms with Crippen molar-refractivity contribution in [1.82, 2.24) is 0 Å². The second-order valence-corrected chi connectivity index (χ2v) is 9.17. The second kappa shape index (κ2) is 8.81. The summed E-state index contributed by atoms with van der Waals surface area (Å²) < 4.78 is 0. The van der Waals surface area contributed by atoms with Gasteiger partial charge in [0.25, 0.3) is 0 Å². The van der Waals surface area contributed by atoms with Crippen LogP contribution in [0.1, 0.15) is 30.4 Å². The first-order valence-corrected chi connectivity index (χ1v) is 11.6. The third-order valence-corrected chi connectivity index (χ3v) is 7.35. The van der Waals surface area contributed by atoms with Crippen LogP contribution in [0.5, 0.6) is 0 Å². The number of nitrogens with zero attached hydrogens (tertiary/aromatic N) is 1. The van der Waals surface area contributed by atoms with Gasteiger partial charge >= 0.3 is 0 Å². The lowest BCUT2D eigenvalue weighted by molar-refractivity contribution is -1.02. The number of para-hydroxylation sites is 1. The van der Waals surface area contributed by atoms with Crippen LogP contribution in [0.15, 0.2) is 42.5 Å². The van der Waals surface area contributed by atoms with E-state index in [-0.39, 0.29) is 5.91 Å². The minimum Gasteiger partial charge on any atom is -0.329 e. The van der Waals surface area contributed by atoms with Crippen molar-refractivity contribution in [2.24, 2.45) is 0 Å². The maximum Gasteiger partial charge on any atom is 0.237 e. The molecule has 31 heavy (non-hydrogen) atoms. The van der Waals surface area contributed by atoms with E-state index in [1.165, 1.54) is 44.6 Å². The Morgan fingerprint density at radius 3 is 2.77 bits per heavy atom. The molecule has 3 heterocycles. The molecular weight excluding hydrogens is 388 g/mol. The number of nitrogens with one attached hydrogen (secondary N) is 3. The Labute approximate surface area is 183 Å². The van der Waals surface area contributed by atoms with Crippen LogP contribution in [0.4, 0.5) is 17.1 Å². The first kappa shape index (κ1) is 20.2. The van der Waals surface area contributed by atoms with Crippen molar-refractivity contribution in [2.75, 3.05) is 42.9 Å². The number of piperazine rings is 1. The number of aryl methyl sites for hydroxylation is 2. The van der Waals surface area contributed by atoms with Gasteiger partial charge in [-0.1, -0.05) is 24.3 Å². The van der Waals surface area contributed by atoms with E-state index in [0.717, 1.165) is 48.1 Å². The van der Waals surface area contributed by atoms with Crippen molar-refractivity contribution in [1.29, 1.82) is 0 Å². The molecule has 5 rings (SSSR count). The van der Waals surface area contributed by atoms with E-state index in [4.69, 9.17) is 0 Å². The van der Waals surface area contributed by atoms with Gasteiger partial charge in [-0.25, -0.2) is 0 Å². The van der Waals surface area contributed by atoms with Gasteiger partial charge in [0, 0.05) is 18.5 Å². The smallest absolute Gasteiger partial charge is 0.237 e. The lowest BCUT2D eigenvalue weighted by Crippen LogP contribution is -3.29. The zero-order valence-corrected chi connectivity index (χ0v) is 18.0. The molecule has 0 bridgehead atoms. The van der Waals surface area contributed by atoms with Crippen LogP contribution in [-0.2, 0) is 22.4 Å². The molecule has 162 valence electrons. The van der Waals surface area contributed by atoms with Crippen LogP contribution >= 0.6 is 0 Å². The highest BCUT2D eigenvalue weighted by molar-refractivity contribution is 6.03. The molecule has 3 aliphatic rings. The molecule has 3 N–H and O–H groups in total. The number of rotatable bonds is 5. The highest BCUT2D eigenvalue weighted by Crippen LogP contribution is 2.37. The summed E-state index contributed by atoms with van der Waals surface area (Å²) in [4.78, 5) is 29.9. The molecule has 0 aromatic heterocycles. The lowest BCUT2D eigenvalue weighted by atomic mass is 10.0. The fraction of sp³-hybridized carbons (Fsp3) is 0.440. The Morgan fingerprint density at radius 1 is 1.06 bits per heavy atom. The molecule has 3 atom stereocenters. The van der Waals surface area contributed by atoms with E-state index in [1.807, 2.05) is 35.2 Å². The third-order valence-electron chi connectivity index (χ3n) is 7.35. The molecular formula is C25H32N4O2+2. The first-order chi connectivity index (χ1) is 15.2. The summed E-state index contributed by atoms with van der Waals surface area (Å²) in [5.41, 5.74) is 4.96. The molecule has 6 nitrogen and oxygen atoms in total. The Kier molecular flexibility index (Phi) is 5.74. The summed E-state index contributed by atoms with van der Waals surface area (Å²) in [6, 6.07) is 14.9. The molecule has 2 fully saturated rings. The number of hydrogen-bond acceptors (Lipinski definition) is 2. The maximum atomic E-state index is 13.6. The first-order valence-electron chi connectivity index (χ1n) is 11.6. The van der Waals surface area contributed by atoms with Gasteiger partial charge < -0.3 is 15.1 Å². The maximum absolute atomic E-state index is 13.6. The Balaban J connectivity index is 1.39. The summed E-state index contributed by atoms with van der Waals surface area (Å²) in [5.74, 6) is 0.146. The molecule has 0 radical (unpaired) electrons. The number of anilines is 3. The van der Waals surface area contributed by atoms with Gasteiger partial charge in [-0.15, -0.1) is 0 Å². The van der Waals surface area contributed by atoms with Gasteiger partial charge in [-0.05, 0) is 42.2 Å². The van der Waals surface area contributed by atoms with Crippen molar-refractivity contribution in [3.05, 3.63) is 53.6 Å². The molecule has 0 saturated carbocycles. The van der Waals surface area contributed by atoms with Crippen LogP contribution in [0, 0.1) is 0 Å². The predicted molar refractivity (Wildman–Crippen MR) is 121 cm³/mol. The molecule has 6 heteroatoms. The second-order valence-electron chi connectivity index (χ2n) is 9.17. The van der Waals surface area contributed by atoms with Gasteiger partial charge in [-0.3, -0.25) is 14.5 Å². The lowest BCUT2D eigenvalue weighted by Gasteiger charge is -2.32. The van der Waals surface area contributed by atoms with Crippen LogP contribution in [0.3, 0.4) is 0 Å². The molecule has 2 aromatic carbocycles. The molecule has 2 amide bonds. The highest BCUT2D eigenvalue weighted by atomic mass is 16.2. The Morgan fingerprint density at radius 2 is 1.90 bits per heavy atom. The highest BCUT2D eigenvalue weighted by Gasteiger charge is 2.37. The number of carbonyl (C=O) groups is 2. The Hall–Kier alpha value is -2.70. The predicted octanol–water partition coefficient (Wildman–Crippen LogP) is 0.354. The van der Waals surface area contributed by atoms with Gasteiger partial charge in [0.2, 0.25) is 12.3 Å². The number of hydrogen-bond donors (Lipinski definition) is 3. The largest absolute Gasteiger partial charge is 0.329 e. The van der Waals surface area contributed by atoms with Crippen molar-refractivity contribution in [3.63, 3.8) is 0 Å². The minimum absolute atomic E-state index is 0.146. The number of carbonyl (C=O) groups excluding carboxylic acids is 2. The van der Waals surface area contributed by atoms with Gasteiger partial charge in [0.05, 0.1) is 30.9 Å². The molecule has 0 aliphatic carbocycles. The van der Waals surface area contributed by atoms with E-state index < -0.39 is 0 Å². The van der Waals surface area contributed by atoms with Crippen LogP contribution in [0.25, 0.3) is 0 Å². The van der Waals surface area contributed by atoms with Gasteiger partial charge in [0.15, 0.2) is 0 Å². The number of benzene rings is 2. The van der Waals surface area contributed by atoms with Gasteiger partial charge in [-0.2, -0.15) is 0 Å². The average molecular weight is 421 g/mol. The van der Waals surface area contributed by atoms with Crippen LogP contribution < -0.4 is 20.0 Å². The van der Waals surface area contributed by atoms with E-state index in [9.17, 15) is 9.59 Å². The van der Waals surface area contributed by atoms with E-state index in [0.29, 0.717) is 12.8 Å². The van der Waals surface area contributed by atoms with Crippen molar-refractivity contribution >= 4 is 29.4 Å². The average Bonchev–Trinajstić information content (AvgIpc) is 3.19.